The Balaban J connectivity index is 1.88. The summed E-state index contributed by atoms with van der Waals surface area (Å²) in [5.74, 6) is -1.15. The van der Waals surface area contributed by atoms with Crippen molar-refractivity contribution in [2.24, 2.45) is 0 Å². The van der Waals surface area contributed by atoms with Crippen molar-refractivity contribution in [3.63, 3.8) is 0 Å². The monoisotopic (exact) mass is 352 g/mol. The first kappa shape index (κ1) is 18.1. The summed E-state index contributed by atoms with van der Waals surface area (Å²) in [6.07, 6.45) is 5.49. The summed E-state index contributed by atoms with van der Waals surface area (Å²) in [4.78, 5) is 30.6. The van der Waals surface area contributed by atoms with Gasteiger partial charge in [-0.2, -0.15) is 0 Å². The molecule has 1 amide bonds. The standard InChI is InChI=1S/C21H24N2O3/c1-15-18(21(25)26)12-13-19(22-15)20(24)23(17-10-6-3-7-11-17)14-16-8-4-2-5-9-16/h2,4-5,8-9,12-13,17H,3,6-7,10-11,14H2,1H3,(H,25,26). The van der Waals surface area contributed by atoms with Crippen LogP contribution < -0.4 is 0 Å². The molecule has 136 valence electrons. The number of benzene rings is 1. The van der Waals surface area contributed by atoms with Crippen molar-refractivity contribution in [3.8, 4) is 0 Å². The maximum atomic E-state index is 13.2. The largest absolute Gasteiger partial charge is 0.478 e. The van der Waals surface area contributed by atoms with E-state index in [0.29, 0.717) is 17.9 Å². The van der Waals surface area contributed by atoms with Gasteiger partial charge in [0.25, 0.3) is 5.91 Å². The van der Waals surface area contributed by atoms with E-state index in [9.17, 15) is 9.59 Å². The van der Waals surface area contributed by atoms with Crippen LogP contribution in [0.25, 0.3) is 0 Å². The lowest BCUT2D eigenvalue weighted by atomic mass is 9.93. The maximum absolute atomic E-state index is 13.2. The fraction of sp³-hybridized carbons (Fsp3) is 0.381. The van der Waals surface area contributed by atoms with Gasteiger partial charge >= 0.3 is 5.97 Å². The number of pyridine rings is 1. The number of carbonyl (C=O) groups is 2. The number of hydrogen-bond donors (Lipinski definition) is 1. The number of nitrogens with zero attached hydrogens (tertiary/aromatic N) is 2. The number of carboxylic acid groups (broad SMARTS) is 1. The molecule has 5 nitrogen and oxygen atoms in total. The summed E-state index contributed by atoms with van der Waals surface area (Å²) >= 11 is 0. The highest BCUT2D eigenvalue weighted by atomic mass is 16.4. The molecule has 5 heteroatoms. The molecule has 3 rings (SSSR count). The van der Waals surface area contributed by atoms with Gasteiger partial charge in [0.2, 0.25) is 0 Å². The lowest BCUT2D eigenvalue weighted by molar-refractivity contribution is 0.0605. The number of amides is 1. The Hall–Kier alpha value is -2.69. The van der Waals surface area contributed by atoms with Crippen molar-refractivity contribution in [1.82, 2.24) is 9.88 Å². The second-order valence-corrected chi connectivity index (χ2v) is 6.85. The van der Waals surface area contributed by atoms with Crippen LogP contribution in [0.1, 0.15) is 64.2 Å². The number of aromatic nitrogens is 1. The number of carbonyl (C=O) groups excluding carboxylic acids is 1. The Kier molecular flexibility index (Phi) is 5.66. The first-order chi connectivity index (χ1) is 12.6. The molecule has 1 fully saturated rings. The molecule has 0 aliphatic heterocycles. The molecule has 1 aliphatic carbocycles. The zero-order chi connectivity index (χ0) is 18.5. The van der Waals surface area contributed by atoms with Crippen LogP contribution in [0.5, 0.6) is 0 Å². The van der Waals surface area contributed by atoms with Crippen molar-refractivity contribution >= 4 is 11.9 Å². The fourth-order valence-electron chi connectivity index (χ4n) is 3.59. The number of hydrogen-bond acceptors (Lipinski definition) is 3. The molecule has 1 aromatic heterocycles. The zero-order valence-electron chi connectivity index (χ0n) is 15.0. The van der Waals surface area contributed by atoms with E-state index in [1.54, 1.807) is 6.92 Å². The SMILES string of the molecule is Cc1nc(C(=O)N(Cc2ccccc2)C2CCCCC2)ccc1C(=O)O. The molecule has 26 heavy (non-hydrogen) atoms. The molecule has 1 heterocycles. The minimum Gasteiger partial charge on any atom is -0.478 e. The van der Waals surface area contributed by atoms with E-state index in [-0.39, 0.29) is 17.5 Å². The predicted molar refractivity (Wildman–Crippen MR) is 99.1 cm³/mol. The third-order valence-corrected chi connectivity index (χ3v) is 5.01. The fourth-order valence-corrected chi connectivity index (χ4v) is 3.59. The molecule has 1 saturated carbocycles. The molecule has 2 aromatic rings. The summed E-state index contributed by atoms with van der Waals surface area (Å²) in [5.41, 5.74) is 1.90. The molecule has 0 atom stereocenters. The Labute approximate surface area is 153 Å². The number of carboxylic acids is 1. The zero-order valence-corrected chi connectivity index (χ0v) is 15.0. The molecule has 0 bridgehead atoms. The van der Waals surface area contributed by atoms with E-state index >= 15 is 0 Å². The molecular formula is C21H24N2O3. The first-order valence-electron chi connectivity index (χ1n) is 9.12. The van der Waals surface area contributed by atoms with E-state index in [1.165, 1.54) is 18.6 Å². The third-order valence-electron chi connectivity index (χ3n) is 5.01. The molecule has 1 aromatic carbocycles. The number of rotatable bonds is 5. The van der Waals surface area contributed by atoms with Crippen LogP contribution in [0.15, 0.2) is 42.5 Å². The summed E-state index contributed by atoms with van der Waals surface area (Å²) in [6.45, 7) is 2.17. The van der Waals surface area contributed by atoms with Crippen LogP contribution in [-0.4, -0.2) is 32.9 Å². The van der Waals surface area contributed by atoms with Gasteiger partial charge in [0.1, 0.15) is 5.69 Å². The highest BCUT2D eigenvalue weighted by molar-refractivity contribution is 5.94. The van der Waals surface area contributed by atoms with Gasteiger partial charge in [0.15, 0.2) is 0 Å². The van der Waals surface area contributed by atoms with Crippen LogP contribution >= 0.6 is 0 Å². The third kappa shape index (κ3) is 4.10. The minimum atomic E-state index is -1.03. The Bertz CT molecular complexity index is 783. The topological polar surface area (TPSA) is 70.5 Å². The lowest BCUT2D eigenvalue weighted by Crippen LogP contribution is -2.41. The van der Waals surface area contributed by atoms with Crippen molar-refractivity contribution in [2.45, 2.75) is 51.6 Å². The van der Waals surface area contributed by atoms with E-state index in [0.717, 1.165) is 31.2 Å². The van der Waals surface area contributed by atoms with Crippen molar-refractivity contribution in [3.05, 3.63) is 65.0 Å². The van der Waals surface area contributed by atoms with Crippen LogP contribution in [0, 0.1) is 6.92 Å². The van der Waals surface area contributed by atoms with Gasteiger partial charge in [0.05, 0.1) is 11.3 Å². The molecule has 0 spiro atoms. The molecule has 0 unspecified atom stereocenters. The van der Waals surface area contributed by atoms with Gasteiger partial charge in [-0.15, -0.1) is 0 Å². The van der Waals surface area contributed by atoms with Gasteiger partial charge in [0, 0.05) is 12.6 Å². The minimum absolute atomic E-state index is 0.124. The van der Waals surface area contributed by atoms with Gasteiger partial charge in [-0.25, -0.2) is 9.78 Å². The summed E-state index contributed by atoms with van der Waals surface area (Å²) in [7, 11) is 0. The molecule has 0 saturated heterocycles. The molecule has 0 radical (unpaired) electrons. The van der Waals surface area contributed by atoms with Crippen molar-refractivity contribution in [1.29, 1.82) is 0 Å². The van der Waals surface area contributed by atoms with Crippen LogP contribution in [0.2, 0.25) is 0 Å². The second-order valence-electron chi connectivity index (χ2n) is 6.85. The summed E-state index contributed by atoms with van der Waals surface area (Å²) in [6, 6.07) is 13.2. The van der Waals surface area contributed by atoms with Gasteiger partial charge in [-0.1, -0.05) is 49.6 Å². The smallest absolute Gasteiger partial charge is 0.337 e. The summed E-state index contributed by atoms with van der Waals surface area (Å²) < 4.78 is 0. The van der Waals surface area contributed by atoms with Gasteiger partial charge in [-0.05, 0) is 37.5 Å². The molecule has 1 aliphatic rings. The van der Waals surface area contributed by atoms with E-state index in [1.807, 2.05) is 35.2 Å². The number of aromatic carboxylic acids is 1. The van der Waals surface area contributed by atoms with Gasteiger partial charge < -0.3 is 10.0 Å². The van der Waals surface area contributed by atoms with Crippen LogP contribution in [-0.2, 0) is 6.54 Å². The highest BCUT2D eigenvalue weighted by Gasteiger charge is 2.27. The van der Waals surface area contributed by atoms with E-state index in [2.05, 4.69) is 4.98 Å². The number of aryl methyl sites for hydroxylation is 1. The van der Waals surface area contributed by atoms with Crippen LogP contribution in [0.3, 0.4) is 0 Å². The summed E-state index contributed by atoms with van der Waals surface area (Å²) in [5, 5.41) is 9.17. The highest BCUT2D eigenvalue weighted by Crippen LogP contribution is 2.25. The quantitative estimate of drug-likeness (QED) is 0.881. The Morgan fingerprint density at radius 3 is 2.38 bits per heavy atom. The first-order valence-corrected chi connectivity index (χ1v) is 9.12. The van der Waals surface area contributed by atoms with Crippen molar-refractivity contribution in [2.75, 3.05) is 0 Å². The molecular weight excluding hydrogens is 328 g/mol. The Morgan fingerprint density at radius 1 is 1.08 bits per heavy atom. The average molecular weight is 352 g/mol. The molecule has 1 N–H and O–H groups in total. The van der Waals surface area contributed by atoms with E-state index in [4.69, 9.17) is 5.11 Å². The van der Waals surface area contributed by atoms with Crippen molar-refractivity contribution < 1.29 is 14.7 Å². The predicted octanol–water partition coefficient (Wildman–Crippen LogP) is 4.06. The second kappa shape index (κ2) is 8.13. The van der Waals surface area contributed by atoms with Crippen LogP contribution in [0.4, 0.5) is 0 Å². The van der Waals surface area contributed by atoms with E-state index < -0.39 is 5.97 Å². The lowest BCUT2D eigenvalue weighted by Gasteiger charge is -2.34. The van der Waals surface area contributed by atoms with Gasteiger partial charge in [-0.3, -0.25) is 4.79 Å². The normalized spacial score (nSPS) is 14.8. The average Bonchev–Trinajstić information content (AvgIpc) is 2.66. The maximum Gasteiger partial charge on any atom is 0.337 e. The Morgan fingerprint density at radius 2 is 1.77 bits per heavy atom.